The van der Waals surface area contributed by atoms with Crippen LogP contribution in [0, 0.1) is 0 Å². The third-order valence-electron chi connectivity index (χ3n) is 11.3. The predicted molar refractivity (Wildman–Crippen MR) is 197 cm³/mol. The molecule has 6 aromatic rings. The minimum Gasteiger partial charge on any atom is -0.493 e. The molecule has 1 saturated heterocycles. The number of ether oxygens (including phenoxy) is 1. The number of aliphatic hydroxyl groups is 1. The molecule has 1 heterocycles. The largest absolute Gasteiger partial charge is 0.493 e. The van der Waals surface area contributed by atoms with E-state index < -0.39 is 18.4 Å². The topological polar surface area (TPSA) is 35.9 Å². The molecule has 6 aromatic carbocycles. The lowest BCUT2D eigenvalue weighted by Crippen LogP contribution is -2.50. The summed E-state index contributed by atoms with van der Waals surface area (Å²) in [4.78, 5) is 4.69. The summed E-state index contributed by atoms with van der Waals surface area (Å²) in [6.07, 6.45) is -1.26. The maximum atomic E-state index is 16.1. The second-order valence-corrected chi connectivity index (χ2v) is 14.4. The van der Waals surface area contributed by atoms with Crippen molar-refractivity contribution in [2.75, 3.05) is 39.3 Å². The Bertz CT molecular complexity index is 2190. The first-order chi connectivity index (χ1) is 24.5. The molecule has 1 aliphatic heterocycles. The van der Waals surface area contributed by atoms with Gasteiger partial charge < -0.3 is 9.84 Å². The number of hydrogen-bond acceptors (Lipinski definition) is 4. The van der Waals surface area contributed by atoms with E-state index >= 15 is 8.78 Å². The third kappa shape index (κ3) is 5.64. The van der Waals surface area contributed by atoms with Gasteiger partial charge in [0, 0.05) is 44.5 Å². The summed E-state index contributed by atoms with van der Waals surface area (Å²) in [5, 5.41) is 18.2. The highest BCUT2D eigenvalue weighted by Gasteiger charge is 2.42. The van der Waals surface area contributed by atoms with Crippen molar-refractivity contribution in [2.45, 2.75) is 49.7 Å². The molecule has 4 nitrogen and oxygen atoms in total. The van der Waals surface area contributed by atoms with Gasteiger partial charge in [-0.3, -0.25) is 9.80 Å². The van der Waals surface area contributed by atoms with Gasteiger partial charge in [-0.25, -0.2) is 8.78 Å². The van der Waals surface area contributed by atoms with Crippen LogP contribution in [0.3, 0.4) is 0 Å². The fourth-order valence-electron chi connectivity index (χ4n) is 8.64. The first kappa shape index (κ1) is 31.6. The summed E-state index contributed by atoms with van der Waals surface area (Å²) in [6.45, 7) is 4.04. The third-order valence-corrected chi connectivity index (χ3v) is 11.3. The maximum Gasteiger partial charge on any atom is 0.161 e. The van der Waals surface area contributed by atoms with E-state index in [1.54, 1.807) is 6.07 Å². The van der Waals surface area contributed by atoms with Gasteiger partial charge in [-0.05, 0) is 85.6 Å². The molecule has 2 aliphatic carbocycles. The highest BCUT2D eigenvalue weighted by Crippen LogP contribution is 2.53. The number of hydrogen-bond donors (Lipinski definition) is 1. The Labute approximate surface area is 291 Å². The summed E-state index contributed by atoms with van der Waals surface area (Å²) < 4.78 is 38.2. The quantitative estimate of drug-likeness (QED) is 0.164. The van der Waals surface area contributed by atoms with Crippen molar-refractivity contribution >= 4 is 32.3 Å². The van der Waals surface area contributed by atoms with Crippen molar-refractivity contribution in [3.05, 3.63) is 137 Å². The minimum atomic E-state index is -1.68. The average molecular weight is 669 g/mol. The Morgan fingerprint density at radius 1 is 0.620 bits per heavy atom. The number of β-amino-alcohol motifs (C(OH)–C–C–N with tert-alkyl or cyclic N) is 1. The molecule has 254 valence electrons. The van der Waals surface area contributed by atoms with Crippen molar-refractivity contribution < 1.29 is 18.6 Å². The minimum absolute atomic E-state index is 0.198. The van der Waals surface area contributed by atoms with Gasteiger partial charge in [-0.15, -0.1) is 0 Å². The molecule has 6 heteroatoms. The Balaban J connectivity index is 0.864. The van der Waals surface area contributed by atoms with E-state index in [-0.39, 0.29) is 6.04 Å². The number of fused-ring (bicyclic) bond motifs is 7. The van der Waals surface area contributed by atoms with E-state index in [0.29, 0.717) is 36.6 Å². The number of rotatable bonds is 8. The maximum absolute atomic E-state index is 16.1. The van der Waals surface area contributed by atoms with Gasteiger partial charge in [0.1, 0.15) is 5.75 Å². The smallest absolute Gasteiger partial charge is 0.161 e. The molecular formula is C44H42F2N2O2. The molecule has 4 atom stereocenters. The molecule has 9 rings (SSSR count). The number of aliphatic hydroxyl groups excluding tert-OH is 1. The van der Waals surface area contributed by atoms with Crippen LogP contribution >= 0.6 is 0 Å². The van der Waals surface area contributed by atoms with Gasteiger partial charge in [-0.1, -0.05) is 97.1 Å². The predicted octanol–water partition coefficient (Wildman–Crippen LogP) is 9.60. The zero-order valence-electron chi connectivity index (χ0n) is 28.1. The van der Waals surface area contributed by atoms with Crippen molar-refractivity contribution in [2.24, 2.45) is 0 Å². The Hall–Kier alpha value is -4.36. The molecule has 0 spiro atoms. The highest BCUT2D eigenvalue weighted by molar-refractivity contribution is 6.18. The van der Waals surface area contributed by atoms with Crippen molar-refractivity contribution in [1.82, 2.24) is 9.80 Å². The molecule has 2 fully saturated rings. The normalized spacial score (nSPS) is 21.9. The zero-order valence-corrected chi connectivity index (χ0v) is 28.1. The first-order valence-electron chi connectivity index (χ1n) is 18.2. The summed E-state index contributed by atoms with van der Waals surface area (Å²) in [5.41, 5.74) is 3.82. The van der Waals surface area contributed by atoms with Crippen molar-refractivity contribution in [3.8, 4) is 5.75 Å². The number of halogens is 2. The number of nitrogens with zero attached hydrogens (tertiary/aromatic N) is 2. The second-order valence-electron chi connectivity index (χ2n) is 14.4. The Morgan fingerprint density at radius 3 is 2.10 bits per heavy atom. The van der Waals surface area contributed by atoms with Crippen LogP contribution in [0.5, 0.6) is 5.75 Å². The summed E-state index contributed by atoms with van der Waals surface area (Å²) in [7, 11) is 0. The molecule has 0 radical (unpaired) electrons. The monoisotopic (exact) mass is 668 g/mol. The van der Waals surface area contributed by atoms with Crippen LogP contribution in [0.25, 0.3) is 32.3 Å². The SMILES string of the molecule is OC(CCOc1cccc2c1ccc1c3ccccc3ccc21)CN1CCN(C2c3ccccc3C(F)C(F)c3c(C4CC4)cccc32)CC1. The highest BCUT2D eigenvalue weighted by atomic mass is 19.2. The lowest BCUT2D eigenvalue weighted by molar-refractivity contribution is 0.0531. The van der Waals surface area contributed by atoms with E-state index in [1.165, 1.54) is 21.5 Å². The molecule has 0 aromatic heterocycles. The van der Waals surface area contributed by atoms with E-state index in [2.05, 4.69) is 64.4 Å². The zero-order chi connectivity index (χ0) is 33.8. The molecular weight excluding hydrogens is 626 g/mol. The molecule has 0 bridgehead atoms. The summed E-state index contributed by atoms with van der Waals surface area (Å²) in [5.74, 6) is 1.17. The van der Waals surface area contributed by atoms with Crippen LogP contribution < -0.4 is 4.74 Å². The molecule has 0 amide bonds. The standard InChI is InChI=1S/C44H42F2N2O2/c45-42-37-9-3-4-10-38(37)44(39-13-5-11-32(29-15-16-29)41(39)43(42)46)48-24-22-47(23-25-48)27-30(49)21-26-50-40-14-6-12-33-35-18-17-28-7-1-2-8-31(28)34(35)19-20-36(33)40/h1-14,17-20,29-30,42-44,49H,15-16,21-27H2. The molecule has 3 aliphatic rings. The van der Waals surface area contributed by atoms with E-state index in [9.17, 15) is 5.11 Å². The summed E-state index contributed by atoms with van der Waals surface area (Å²) in [6, 6.07) is 36.8. The number of alkyl halides is 2. The van der Waals surface area contributed by atoms with Crippen LogP contribution in [0.1, 0.15) is 71.4 Å². The van der Waals surface area contributed by atoms with Crippen molar-refractivity contribution in [1.29, 1.82) is 0 Å². The van der Waals surface area contributed by atoms with Crippen LogP contribution in [-0.2, 0) is 0 Å². The van der Waals surface area contributed by atoms with Crippen LogP contribution in [-0.4, -0.2) is 60.3 Å². The summed E-state index contributed by atoms with van der Waals surface area (Å²) >= 11 is 0. The number of piperazine rings is 1. The van der Waals surface area contributed by atoms with Crippen LogP contribution in [0.4, 0.5) is 8.78 Å². The van der Waals surface area contributed by atoms with Crippen LogP contribution in [0.15, 0.2) is 109 Å². The fourth-order valence-corrected chi connectivity index (χ4v) is 8.64. The van der Waals surface area contributed by atoms with Gasteiger partial charge in [0.15, 0.2) is 12.3 Å². The number of benzene rings is 6. The first-order valence-corrected chi connectivity index (χ1v) is 18.2. The molecule has 1 N–H and O–H groups in total. The molecule has 1 saturated carbocycles. The average Bonchev–Trinajstić information content (AvgIpc) is 4.01. The van der Waals surface area contributed by atoms with Gasteiger partial charge in [0.25, 0.3) is 0 Å². The lowest BCUT2D eigenvalue weighted by Gasteiger charge is -2.41. The van der Waals surface area contributed by atoms with Gasteiger partial charge in [0.2, 0.25) is 0 Å². The molecule has 50 heavy (non-hydrogen) atoms. The fraction of sp³-hybridized carbons (Fsp3) is 0.318. The van der Waals surface area contributed by atoms with E-state index in [4.69, 9.17) is 4.74 Å². The van der Waals surface area contributed by atoms with Gasteiger partial charge in [0.05, 0.1) is 18.8 Å². The van der Waals surface area contributed by atoms with Crippen molar-refractivity contribution in [3.63, 3.8) is 0 Å². The van der Waals surface area contributed by atoms with E-state index in [0.717, 1.165) is 72.2 Å². The van der Waals surface area contributed by atoms with E-state index in [1.807, 2.05) is 48.5 Å². The Morgan fingerprint density at radius 2 is 1.26 bits per heavy atom. The van der Waals surface area contributed by atoms with Crippen LogP contribution in [0.2, 0.25) is 0 Å². The molecule has 4 unspecified atom stereocenters. The van der Waals surface area contributed by atoms with Gasteiger partial charge in [-0.2, -0.15) is 0 Å². The second kappa shape index (κ2) is 13.1. The van der Waals surface area contributed by atoms with Gasteiger partial charge >= 0.3 is 0 Å². The Kier molecular flexibility index (Phi) is 8.26. The lowest BCUT2D eigenvalue weighted by atomic mass is 9.89.